The Morgan fingerprint density at radius 3 is 2.53 bits per heavy atom. The van der Waals surface area contributed by atoms with E-state index in [-0.39, 0.29) is 17.4 Å². The average molecular weight is 440 g/mol. The Morgan fingerprint density at radius 1 is 1.06 bits per heavy atom. The van der Waals surface area contributed by atoms with E-state index in [0.717, 1.165) is 50.2 Å². The van der Waals surface area contributed by atoms with Crippen LogP contribution in [0.15, 0.2) is 10.9 Å². The lowest BCUT2D eigenvalue weighted by molar-refractivity contribution is -0.137. The SMILES string of the molecule is CCC(=O)N1CCc2nc3cc(C4CCN(C(=O)C5CCCCC5)CC4)[nH]n3c(=O)c2C1. The number of carbonyl (C=O) groups is 2. The topological polar surface area (TPSA) is 90.8 Å². The average Bonchev–Trinajstić information content (AvgIpc) is 3.28. The van der Waals surface area contributed by atoms with Crippen molar-refractivity contribution in [2.45, 2.75) is 77.2 Å². The van der Waals surface area contributed by atoms with E-state index in [4.69, 9.17) is 4.98 Å². The highest BCUT2D eigenvalue weighted by Gasteiger charge is 2.31. The van der Waals surface area contributed by atoms with Crippen molar-refractivity contribution >= 4 is 17.5 Å². The molecule has 1 N–H and O–H groups in total. The van der Waals surface area contributed by atoms with Crippen LogP contribution in [0.5, 0.6) is 0 Å². The second-order valence-corrected chi connectivity index (χ2v) is 9.60. The summed E-state index contributed by atoms with van der Waals surface area (Å²) < 4.78 is 1.54. The van der Waals surface area contributed by atoms with E-state index in [1.807, 2.05) is 13.0 Å². The smallest absolute Gasteiger partial charge is 0.277 e. The number of rotatable bonds is 3. The van der Waals surface area contributed by atoms with Crippen LogP contribution in [0.25, 0.3) is 5.65 Å². The monoisotopic (exact) mass is 439 g/mol. The van der Waals surface area contributed by atoms with Crippen molar-refractivity contribution in [1.82, 2.24) is 24.4 Å². The van der Waals surface area contributed by atoms with E-state index in [1.165, 1.54) is 23.8 Å². The molecule has 1 aliphatic carbocycles. The molecule has 8 nitrogen and oxygen atoms in total. The van der Waals surface area contributed by atoms with Crippen molar-refractivity contribution in [3.63, 3.8) is 0 Å². The number of hydrogen-bond donors (Lipinski definition) is 1. The first-order valence-corrected chi connectivity index (χ1v) is 12.2. The van der Waals surface area contributed by atoms with Gasteiger partial charge in [0.15, 0.2) is 5.65 Å². The molecular weight excluding hydrogens is 406 g/mol. The molecule has 32 heavy (non-hydrogen) atoms. The molecule has 2 aliphatic heterocycles. The number of piperidine rings is 1. The van der Waals surface area contributed by atoms with E-state index in [0.29, 0.717) is 49.0 Å². The molecule has 2 aromatic rings. The molecule has 1 saturated heterocycles. The Kier molecular flexibility index (Phi) is 5.78. The van der Waals surface area contributed by atoms with Crippen molar-refractivity contribution in [3.05, 3.63) is 33.4 Å². The van der Waals surface area contributed by atoms with Gasteiger partial charge in [0.2, 0.25) is 11.8 Å². The van der Waals surface area contributed by atoms with Gasteiger partial charge in [-0.15, -0.1) is 0 Å². The highest BCUT2D eigenvalue weighted by molar-refractivity contribution is 5.79. The zero-order valence-electron chi connectivity index (χ0n) is 18.9. The number of fused-ring (bicyclic) bond motifs is 2. The van der Waals surface area contributed by atoms with Crippen LogP contribution >= 0.6 is 0 Å². The van der Waals surface area contributed by atoms with Crippen LogP contribution in [-0.2, 0) is 22.6 Å². The number of nitrogens with one attached hydrogen (secondary N) is 1. The molecule has 0 spiro atoms. The highest BCUT2D eigenvalue weighted by Crippen LogP contribution is 2.31. The number of aromatic amines is 1. The number of hydrogen-bond acceptors (Lipinski definition) is 4. The molecule has 0 radical (unpaired) electrons. The Balaban J connectivity index is 1.31. The van der Waals surface area contributed by atoms with Gasteiger partial charge in [0.25, 0.3) is 5.56 Å². The van der Waals surface area contributed by atoms with Gasteiger partial charge >= 0.3 is 0 Å². The number of amides is 2. The van der Waals surface area contributed by atoms with Crippen LogP contribution in [0.3, 0.4) is 0 Å². The van der Waals surface area contributed by atoms with Crippen molar-refractivity contribution in [2.75, 3.05) is 19.6 Å². The molecule has 172 valence electrons. The minimum Gasteiger partial charge on any atom is -0.342 e. The van der Waals surface area contributed by atoms with Crippen molar-refractivity contribution in [1.29, 1.82) is 0 Å². The Morgan fingerprint density at radius 2 is 1.81 bits per heavy atom. The van der Waals surface area contributed by atoms with Gasteiger partial charge in [0.05, 0.1) is 17.8 Å². The molecule has 3 aliphatic rings. The molecule has 2 fully saturated rings. The second kappa shape index (κ2) is 8.71. The van der Waals surface area contributed by atoms with Gasteiger partial charge < -0.3 is 9.80 Å². The summed E-state index contributed by atoms with van der Waals surface area (Å²) >= 11 is 0. The molecule has 0 bridgehead atoms. The number of nitrogens with zero attached hydrogens (tertiary/aromatic N) is 4. The number of carbonyl (C=O) groups excluding carboxylic acids is 2. The quantitative estimate of drug-likeness (QED) is 0.796. The van der Waals surface area contributed by atoms with E-state index in [9.17, 15) is 14.4 Å². The maximum Gasteiger partial charge on any atom is 0.277 e. The van der Waals surface area contributed by atoms with E-state index in [1.54, 1.807) is 4.90 Å². The standard InChI is InChI=1S/C24H33N5O3/c1-2-22(30)28-13-10-19-18(15-28)24(32)29-21(25-19)14-20(26-29)16-8-11-27(12-9-16)23(31)17-6-4-3-5-7-17/h14,16-17,26H,2-13,15H2,1H3. The van der Waals surface area contributed by atoms with E-state index >= 15 is 0 Å². The molecule has 0 unspecified atom stereocenters. The fraction of sp³-hybridized carbons (Fsp3) is 0.667. The van der Waals surface area contributed by atoms with Gasteiger partial charge in [0.1, 0.15) is 0 Å². The first-order chi connectivity index (χ1) is 15.5. The third kappa shape index (κ3) is 3.84. The molecular formula is C24H33N5O3. The molecule has 0 atom stereocenters. The molecule has 4 heterocycles. The lowest BCUT2D eigenvalue weighted by Gasteiger charge is -2.34. The van der Waals surface area contributed by atoms with Gasteiger partial charge in [-0.2, -0.15) is 0 Å². The van der Waals surface area contributed by atoms with Crippen LogP contribution in [0.2, 0.25) is 0 Å². The number of likely N-dealkylation sites (tertiary alicyclic amines) is 1. The predicted octanol–water partition coefficient (Wildman–Crippen LogP) is 2.60. The van der Waals surface area contributed by atoms with Crippen molar-refractivity contribution in [3.8, 4) is 0 Å². The van der Waals surface area contributed by atoms with Gasteiger partial charge in [-0.05, 0) is 25.7 Å². The summed E-state index contributed by atoms with van der Waals surface area (Å²) in [6.07, 6.45) is 8.57. The Hall–Kier alpha value is -2.64. The molecule has 2 amide bonds. The summed E-state index contributed by atoms with van der Waals surface area (Å²) in [7, 11) is 0. The molecule has 0 aromatic carbocycles. The second-order valence-electron chi connectivity index (χ2n) is 9.60. The van der Waals surface area contributed by atoms with E-state index < -0.39 is 0 Å². The fourth-order valence-corrected chi connectivity index (χ4v) is 5.66. The third-order valence-electron chi connectivity index (χ3n) is 7.64. The van der Waals surface area contributed by atoms with Gasteiger partial charge in [-0.1, -0.05) is 26.2 Å². The van der Waals surface area contributed by atoms with E-state index in [2.05, 4.69) is 10.00 Å². The zero-order chi connectivity index (χ0) is 22.2. The highest BCUT2D eigenvalue weighted by atomic mass is 16.2. The summed E-state index contributed by atoms with van der Waals surface area (Å²) in [6.45, 7) is 4.36. The number of aromatic nitrogens is 3. The molecule has 2 aromatic heterocycles. The van der Waals surface area contributed by atoms with Crippen LogP contribution in [-0.4, -0.2) is 55.8 Å². The summed E-state index contributed by atoms with van der Waals surface area (Å²) in [5.41, 5.74) is 3.00. The molecule has 1 saturated carbocycles. The third-order valence-corrected chi connectivity index (χ3v) is 7.64. The molecule has 5 rings (SSSR count). The van der Waals surface area contributed by atoms with Crippen LogP contribution in [0.1, 0.15) is 81.2 Å². The Labute approximate surface area is 188 Å². The normalized spacial score (nSPS) is 20.5. The first-order valence-electron chi connectivity index (χ1n) is 12.2. The van der Waals surface area contributed by atoms with Crippen LogP contribution < -0.4 is 5.56 Å². The van der Waals surface area contributed by atoms with Crippen LogP contribution in [0, 0.1) is 5.92 Å². The summed E-state index contributed by atoms with van der Waals surface area (Å²) in [5, 5.41) is 3.28. The fourth-order valence-electron chi connectivity index (χ4n) is 5.66. The van der Waals surface area contributed by atoms with Crippen LogP contribution in [0.4, 0.5) is 0 Å². The first kappa shape index (κ1) is 21.2. The summed E-state index contributed by atoms with van der Waals surface area (Å²) in [5.74, 6) is 0.932. The Bertz CT molecular complexity index is 1070. The zero-order valence-corrected chi connectivity index (χ0v) is 18.9. The maximum absolute atomic E-state index is 13.1. The lowest BCUT2D eigenvalue weighted by atomic mass is 9.87. The van der Waals surface area contributed by atoms with Crippen molar-refractivity contribution in [2.24, 2.45) is 5.92 Å². The minimum atomic E-state index is -0.102. The maximum atomic E-state index is 13.1. The summed E-state index contributed by atoms with van der Waals surface area (Å²) in [6, 6.07) is 1.99. The number of H-pyrrole nitrogens is 1. The van der Waals surface area contributed by atoms with Gasteiger partial charge in [0, 0.05) is 56.1 Å². The lowest BCUT2D eigenvalue weighted by Crippen LogP contribution is -2.42. The van der Waals surface area contributed by atoms with Gasteiger partial charge in [-0.25, -0.2) is 9.50 Å². The summed E-state index contributed by atoms with van der Waals surface area (Å²) in [4.78, 5) is 46.7. The minimum absolute atomic E-state index is 0.0712. The van der Waals surface area contributed by atoms with Gasteiger partial charge in [-0.3, -0.25) is 19.5 Å². The largest absolute Gasteiger partial charge is 0.342 e. The molecule has 8 heteroatoms. The predicted molar refractivity (Wildman–Crippen MR) is 120 cm³/mol. The van der Waals surface area contributed by atoms with Crippen molar-refractivity contribution < 1.29 is 9.59 Å².